The van der Waals surface area contributed by atoms with Crippen LogP contribution in [0.5, 0.6) is 5.75 Å². The van der Waals surface area contributed by atoms with Gasteiger partial charge >= 0.3 is 0 Å². The first-order valence-electron chi connectivity index (χ1n) is 10.0. The van der Waals surface area contributed by atoms with E-state index in [1.54, 1.807) is 19.1 Å². The first kappa shape index (κ1) is 21.3. The van der Waals surface area contributed by atoms with Gasteiger partial charge in [-0.15, -0.1) is 0 Å². The van der Waals surface area contributed by atoms with Crippen molar-refractivity contribution in [1.82, 2.24) is 5.32 Å². The number of hydrogen-bond acceptors (Lipinski definition) is 4. The van der Waals surface area contributed by atoms with Crippen LogP contribution in [0, 0.1) is 0 Å². The lowest BCUT2D eigenvalue weighted by Crippen LogP contribution is -2.25. The highest BCUT2D eigenvalue weighted by Crippen LogP contribution is 2.29. The molecule has 2 aromatic carbocycles. The van der Waals surface area contributed by atoms with Crippen LogP contribution in [0.4, 0.5) is 5.69 Å². The summed E-state index contributed by atoms with van der Waals surface area (Å²) in [7, 11) is 0. The van der Waals surface area contributed by atoms with Crippen LogP contribution in [0.25, 0.3) is 0 Å². The number of nitrogens with zero attached hydrogens (tertiary/aromatic N) is 1. The van der Waals surface area contributed by atoms with E-state index in [0.29, 0.717) is 31.0 Å². The maximum absolute atomic E-state index is 12.1. The molecule has 29 heavy (non-hydrogen) atoms. The summed E-state index contributed by atoms with van der Waals surface area (Å²) in [4.78, 5) is 25.5. The van der Waals surface area contributed by atoms with Gasteiger partial charge in [-0.05, 0) is 67.1 Å². The van der Waals surface area contributed by atoms with Crippen LogP contribution in [-0.4, -0.2) is 36.4 Å². The number of phenolic OH excluding ortho intramolecular Hbond substituents is 1. The number of hydrogen-bond donors (Lipinski definition) is 2. The number of phenols is 1. The zero-order valence-corrected chi connectivity index (χ0v) is 17.5. The Bertz CT molecular complexity index is 898. The standard InChI is InChI=1S/C23H27ClN2O3/c1-16(27)26-12-10-19-13-17(5-8-23(19)26)3-2-4-21(29)15-25-11-9-18-6-7-20(28)14-22(18)24/h5-8,13-14,25,28H,2-4,9-12,15H2,1H3. The third kappa shape index (κ3) is 5.81. The van der Waals surface area contributed by atoms with Crippen molar-refractivity contribution in [3.63, 3.8) is 0 Å². The normalized spacial score (nSPS) is 12.8. The number of fused-ring (bicyclic) bond motifs is 1. The molecule has 0 atom stereocenters. The summed E-state index contributed by atoms with van der Waals surface area (Å²) in [6.45, 7) is 3.37. The summed E-state index contributed by atoms with van der Waals surface area (Å²) in [6.07, 6.45) is 3.83. The number of Topliss-reactive ketones (excluding diaryl/α,β-unsaturated/α-hetero) is 1. The Labute approximate surface area is 176 Å². The molecule has 1 heterocycles. The predicted octanol–water partition coefficient (Wildman–Crippen LogP) is 3.68. The predicted molar refractivity (Wildman–Crippen MR) is 116 cm³/mol. The van der Waals surface area contributed by atoms with Gasteiger partial charge in [-0.1, -0.05) is 29.8 Å². The molecular weight excluding hydrogens is 388 g/mol. The Morgan fingerprint density at radius 3 is 2.76 bits per heavy atom. The molecule has 0 radical (unpaired) electrons. The summed E-state index contributed by atoms with van der Waals surface area (Å²) < 4.78 is 0. The van der Waals surface area contributed by atoms with Crippen LogP contribution < -0.4 is 10.2 Å². The van der Waals surface area contributed by atoms with Gasteiger partial charge in [0.05, 0.1) is 6.54 Å². The van der Waals surface area contributed by atoms with Crippen LogP contribution in [-0.2, 0) is 28.9 Å². The van der Waals surface area contributed by atoms with Crippen molar-refractivity contribution >= 4 is 29.0 Å². The van der Waals surface area contributed by atoms with E-state index in [1.165, 1.54) is 17.2 Å². The SMILES string of the molecule is CC(=O)N1CCc2cc(CCCC(=O)CNCCc3ccc(O)cc3Cl)ccc21. The number of anilines is 1. The van der Waals surface area contributed by atoms with Crippen LogP contribution >= 0.6 is 11.6 Å². The number of aromatic hydroxyl groups is 1. The molecule has 154 valence electrons. The summed E-state index contributed by atoms with van der Waals surface area (Å²) in [5.41, 5.74) is 4.41. The Morgan fingerprint density at radius 2 is 2.00 bits per heavy atom. The van der Waals surface area contributed by atoms with Crippen molar-refractivity contribution in [3.05, 3.63) is 58.1 Å². The Morgan fingerprint density at radius 1 is 1.17 bits per heavy atom. The third-order valence-electron chi connectivity index (χ3n) is 5.27. The molecule has 1 aliphatic rings. The quantitative estimate of drug-likeness (QED) is 0.614. The van der Waals surface area contributed by atoms with Gasteiger partial charge in [0.25, 0.3) is 0 Å². The van der Waals surface area contributed by atoms with Crippen molar-refractivity contribution in [2.45, 2.75) is 39.0 Å². The Kier molecular flexibility index (Phi) is 7.29. The number of ketones is 1. The third-order valence-corrected chi connectivity index (χ3v) is 5.62. The summed E-state index contributed by atoms with van der Waals surface area (Å²) in [5.74, 6) is 0.439. The van der Waals surface area contributed by atoms with Gasteiger partial charge in [-0.2, -0.15) is 0 Å². The number of halogens is 1. The molecule has 1 amide bonds. The molecule has 0 bridgehead atoms. The summed E-state index contributed by atoms with van der Waals surface area (Å²) in [5, 5.41) is 13.1. The van der Waals surface area contributed by atoms with Gasteiger partial charge in [0, 0.05) is 30.6 Å². The fourth-order valence-corrected chi connectivity index (χ4v) is 3.97. The van der Waals surface area contributed by atoms with Gasteiger partial charge in [0.1, 0.15) is 11.5 Å². The molecule has 1 aliphatic heterocycles. The molecule has 0 aromatic heterocycles. The average molecular weight is 415 g/mol. The van der Waals surface area contributed by atoms with Crippen molar-refractivity contribution in [2.24, 2.45) is 0 Å². The number of benzene rings is 2. The highest BCUT2D eigenvalue weighted by molar-refractivity contribution is 6.31. The topological polar surface area (TPSA) is 69.6 Å². The van der Waals surface area contributed by atoms with E-state index in [-0.39, 0.29) is 17.4 Å². The molecule has 0 saturated carbocycles. The highest BCUT2D eigenvalue weighted by atomic mass is 35.5. The Hall–Kier alpha value is -2.37. The Balaban J connectivity index is 1.35. The first-order valence-corrected chi connectivity index (χ1v) is 10.4. The molecule has 0 saturated heterocycles. The number of amides is 1. The maximum atomic E-state index is 12.1. The lowest BCUT2D eigenvalue weighted by atomic mass is 10.0. The van der Waals surface area contributed by atoms with E-state index < -0.39 is 0 Å². The minimum Gasteiger partial charge on any atom is -0.508 e. The number of aryl methyl sites for hydroxylation is 1. The zero-order chi connectivity index (χ0) is 20.8. The van der Waals surface area contributed by atoms with E-state index in [4.69, 9.17) is 11.6 Å². The fourth-order valence-electron chi connectivity index (χ4n) is 3.71. The van der Waals surface area contributed by atoms with Crippen LogP contribution in [0.15, 0.2) is 36.4 Å². The second kappa shape index (κ2) is 9.90. The number of carbonyl (C=O) groups is 2. The number of nitrogens with one attached hydrogen (secondary N) is 1. The molecule has 0 unspecified atom stereocenters. The van der Waals surface area contributed by atoms with Gasteiger partial charge in [-0.25, -0.2) is 0 Å². The molecule has 5 nitrogen and oxygen atoms in total. The smallest absolute Gasteiger partial charge is 0.223 e. The average Bonchev–Trinajstić information content (AvgIpc) is 3.10. The van der Waals surface area contributed by atoms with Crippen LogP contribution in [0.2, 0.25) is 5.02 Å². The van der Waals surface area contributed by atoms with Gasteiger partial charge in [0.2, 0.25) is 5.91 Å². The minimum absolute atomic E-state index is 0.0854. The second-order valence-electron chi connectivity index (χ2n) is 7.48. The summed E-state index contributed by atoms with van der Waals surface area (Å²) in [6, 6.07) is 11.2. The van der Waals surface area contributed by atoms with Crippen molar-refractivity contribution < 1.29 is 14.7 Å². The molecule has 2 aromatic rings. The van der Waals surface area contributed by atoms with Crippen molar-refractivity contribution in [3.8, 4) is 5.75 Å². The molecule has 3 rings (SSSR count). The largest absolute Gasteiger partial charge is 0.508 e. The van der Waals surface area contributed by atoms with Crippen molar-refractivity contribution in [1.29, 1.82) is 0 Å². The van der Waals surface area contributed by atoms with Crippen molar-refractivity contribution in [2.75, 3.05) is 24.5 Å². The van der Waals surface area contributed by atoms with E-state index in [1.807, 2.05) is 11.0 Å². The molecular formula is C23H27ClN2O3. The van der Waals surface area contributed by atoms with E-state index in [9.17, 15) is 14.7 Å². The van der Waals surface area contributed by atoms with E-state index in [0.717, 1.165) is 37.1 Å². The monoisotopic (exact) mass is 414 g/mol. The lowest BCUT2D eigenvalue weighted by Gasteiger charge is -2.14. The minimum atomic E-state index is 0.0854. The molecule has 0 fully saturated rings. The summed E-state index contributed by atoms with van der Waals surface area (Å²) >= 11 is 6.08. The molecule has 2 N–H and O–H groups in total. The molecule has 6 heteroatoms. The van der Waals surface area contributed by atoms with Gasteiger partial charge < -0.3 is 15.3 Å². The van der Waals surface area contributed by atoms with Crippen LogP contribution in [0.1, 0.15) is 36.5 Å². The first-order chi connectivity index (χ1) is 13.9. The number of carbonyl (C=O) groups excluding carboxylic acids is 2. The zero-order valence-electron chi connectivity index (χ0n) is 16.7. The highest BCUT2D eigenvalue weighted by Gasteiger charge is 2.21. The maximum Gasteiger partial charge on any atom is 0.223 e. The van der Waals surface area contributed by atoms with Gasteiger partial charge in [0.15, 0.2) is 0 Å². The lowest BCUT2D eigenvalue weighted by molar-refractivity contribution is -0.118. The van der Waals surface area contributed by atoms with E-state index >= 15 is 0 Å². The molecule has 0 aliphatic carbocycles. The van der Waals surface area contributed by atoms with E-state index in [2.05, 4.69) is 17.4 Å². The second-order valence-corrected chi connectivity index (χ2v) is 7.89. The van der Waals surface area contributed by atoms with Crippen LogP contribution in [0.3, 0.4) is 0 Å². The fraction of sp³-hybridized carbons (Fsp3) is 0.391. The molecule has 0 spiro atoms. The van der Waals surface area contributed by atoms with Gasteiger partial charge in [-0.3, -0.25) is 9.59 Å². The number of rotatable bonds is 9.